The van der Waals surface area contributed by atoms with Crippen molar-refractivity contribution in [2.45, 2.75) is 163 Å². The number of carboxylic acid groups (broad SMARTS) is 2. The zero-order chi connectivity index (χ0) is 42.7. The van der Waals surface area contributed by atoms with Gasteiger partial charge in [0.05, 0.1) is 42.3 Å². The second-order valence-corrected chi connectivity index (χ2v) is 20.0. The molecule has 0 aromatic rings. The first kappa shape index (κ1) is 45.4. The van der Waals surface area contributed by atoms with Crippen LogP contribution >= 0.6 is 0 Å². The van der Waals surface area contributed by atoms with Crippen molar-refractivity contribution in [2.75, 3.05) is 6.61 Å². The van der Waals surface area contributed by atoms with Crippen LogP contribution < -0.4 is 0 Å². The minimum absolute atomic E-state index is 0.0249. The third kappa shape index (κ3) is 8.82. The molecule has 13 atom stereocenters. The minimum Gasteiger partial charge on any atom is -0.481 e. The monoisotopic (exact) mass is 826 g/mol. The predicted molar refractivity (Wildman–Crippen MR) is 216 cm³/mol. The van der Waals surface area contributed by atoms with E-state index in [2.05, 4.69) is 33.8 Å². The Hall–Kier alpha value is -3.12. The molecule has 0 aromatic heterocycles. The summed E-state index contributed by atoms with van der Waals surface area (Å²) in [5, 5.41) is 19.6. The topological polar surface area (TPSA) is 180 Å². The second-order valence-electron chi connectivity index (χ2n) is 20.0. The van der Waals surface area contributed by atoms with Crippen LogP contribution in [-0.4, -0.2) is 58.7 Å². The first-order chi connectivity index (χ1) is 28.1. The molecular weight excluding hydrogens is 757 g/mol. The molecule has 7 aliphatic rings. The first-order valence-electron chi connectivity index (χ1n) is 23.0. The van der Waals surface area contributed by atoms with E-state index >= 15 is 0 Å². The number of carbonyl (C=O) groups excluding carboxylic acids is 4. The molecule has 2 heterocycles. The molecule has 12 nitrogen and oxygen atoms in total. The molecule has 0 amide bonds. The average Bonchev–Trinajstić information content (AvgIpc) is 3.69. The van der Waals surface area contributed by atoms with Gasteiger partial charge in [-0.3, -0.25) is 28.8 Å². The molecule has 7 rings (SSSR count). The van der Waals surface area contributed by atoms with Crippen molar-refractivity contribution in [3.8, 4) is 0 Å². The van der Waals surface area contributed by atoms with Crippen LogP contribution in [0.25, 0.3) is 0 Å². The maximum Gasteiger partial charge on any atom is 0.318 e. The molecule has 13 unspecified atom stereocenters. The fraction of sp³-hybridized carbons (Fsp3) is 0.830. The van der Waals surface area contributed by atoms with E-state index in [0.717, 1.165) is 64.2 Å². The molecule has 0 radical (unpaired) electrons. The van der Waals surface area contributed by atoms with E-state index in [-0.39, 0.29) is 72.4 Å². The highest BCUT2D eigenvalue weighted by molar-refractivity contribution is 5.98. The second kappa shape index (κ2) is 18.9. The lowest BCUT2D eigenvalue weighted by atomic mass is 9.30. The fourth-order valence-electron chi connectivity index (χ4n) is 14.0. The summed E-state index contributed by atoms with van der Waals surface area (Å²) in [6.07, 6.45) is 17.4. The summed E-state index contributed by atoms with van der Waals surface area (Å²) in [5.41, 5.74) is -1.80. The number of cyclic esters (lactones) is 4. The van der Waals surface area contributed by atoms with E-state index in [1.807, 2.05) is 13.0 Å². The number of allylic oxidation sites excluding steroid dienone is 2. The number of ether oxygens (including phenoxy) is 2. The third-order valence-corrected chi connectivity index (χ3v) is 16.5. The first-order valence-corrected chi connectivity index (χ1v) is 23.0. The third-order valence-electron chi connectivity index (χ3n) is 16.5. The lowest BCUT2D eigenvalue weighted by Crippen LogP contribution is -2.71. The van der Waals surface area contributed by atoms with Gasteiger partial charge in [-0.25, -0.2) is 9.78 Å². The molecule has 5 saturated carbocycles. The van der Waals surface area contributed by atoms with Crippen molar-refractivity contribution in [1.82, 2.24) is 0 Å². The van der Waals surface area contributed by atoms with E-state index in [4.69, 9.17) is 24.4 Å². The van der Waals surface area contributed by atoms with Crippen molar-refractivity contribution < 1.29 is 58.2 Å². The van der Waals surface area contributed by atoms with Crippen LogP contribution in [-0.2, 0) is 48.0 Å². The number of unbranched alkanes of at least 4 members (excludes halogenated alkanes) is 6. The molecule has 2 N–H and O–H groups in total. The number of hydrogen-bond acceptors (Lipinski definition) is 10. The van der Waals surface area contributed by atoms with Crippen LogP contribution in [0.3, 0.4) is 0 Å². The summed E-state index contributed by atoms with van der Waals surface area (Å²) >= 11 is 0. The van der Waals surface area contributed by atoms with E-state index in [0.29, 0.717) is 44.9 Å². The standard InChI is InChI=1S/C47H70O12/c1-6-7-12-16-29(31-26-37(50)57-41(31)51)19-20-30(17-13-10-8-9-11-14-18-36(48)49)59-56-27-33-38(28(2)3)32-25-35-45(4)22-15-23-46(5,44(54)55)34(45)21-24-47(33,35)40-39(32)42(52)58-43(40)53/h12,16,28-35,38-40H,6-11,13-15,17-27H2,1-5H3,(H,48,49)(H,54,55)/b16-12+. The normalized spacial score (nSPS) is 37.3. The summed E-state index contributed by atoms with van der Waals surface area (Å²) in [5.74, 6) is -5.13. The van der Waals surface area contributed by atoms with Gasteiger partial charge in [-0.1, -0.05) is 84.8 Å². The fourth-order valence-corrected chi connectivity index (χ4v) is 14.0. The summed E-state index contributed by atoms with van der Waals surface area (Å²) in [6, 6.07) is 0. The van der Waals surface area contributed by atoms with Gasteiger partial charge in [0.25, 0.3) is 0 Å². The maximum atomic E-state index is 13.9. The number of aliphatic carboxylic acids is 2. The van der Waals surface area contributed by atoms with Crippen LogP contribution in [0.1, 0.15) is 157 Å². The zero-order valence-electron chi connectivity index (χ0n) is 36.1. The predicted octanol–water partition coefficient (Wildman–Crippen LogP) is 8.88. The Morgan fingerprint density at radius 1 is 0.881 bits per heavy atom. The molecule has 0 aromatic carbocycles. The Morgan fingerprint density at radius 2 is 1.61 bits per heavy atom. The Kier molecular flexibility index (Phi) is 14.5. The lowest BCUT2D eigenvalue weighted by Gasteiger charge is -2.73. The van der Waals surface area contributed by atoms with Crippen molar-refractivity contribution in [3.05, 3.63) is 12.2 Å². The minimum atomic E-state index is -0.860. The van der Waals surface area contributed by atoms with Crippen LogP contribution in [0.4, 0.5) is 0 Å². The van der Waals surface area contributed by atoms with Gasteiger partial charge in [-0.2, -0.15) is 0 Å². The number of carboxylic acids is 2. The van der Waals surface area contributed by atoms with Crippen molar-refractivity contribution in [2.24, 2.45) is 75.4 Å². The van der Waals surface area contributed by atoms with Crippen molar-refractivity contribution >= 4 is 35.8 Å². The number of fused-ring (bicyclic) bond motifs is 2. The average molecular weight is 827 g/mol. The Morgan fingerprint density at radius 3 is 2.27 bits per heavy atom. The molecule has 12 heteroatoms. The molecule has 2 aliphatic heterocycles. The molecule has 2 bridgehead atoms. The highest BCUT2D eigenvalue weighted by atomic mass is 17.2. The van der Waals surface area contributed by atoms with E-state index in [9.17, 15) is 33.9 Å². The van der Waals surface area contributed by atoms with Crippen LogP contribution in [0, 0.1) is 75.4 Å². The maximum absolute atomic E-state index is 13.9. The smallest absolute Gasteiger partial charge is 0.318 e. The van der Waals surface area contributed by atoms with Gasteiger partial charge in [0, 0.05) is 6.42 Å². The van der Waals surface area contributed by atoms with E-state index in [1.54, 1.807) is 0 Å². The van der Waals surface area contributed by atoms with Gasteiger partial charge in [0.2, 0.25) is 0 Å². The lowest BCUT2D eigenvalue weighted by molar-refractivity contribution is -0.356. The molecule has 59 heavy (non-hydrogen) atoms. The van der Waals surface area contributed by atoms with Crippen molar-refractivity contribution in [3.63, 3.8) is 0 Å². The number of hydrogen-bond donors (Lipinski definition) is 2. The molecule has 1 spiro atoms. The molecule has 7 fully saturated rings. The number of rotatable bonds is 22. The summed E-state index contributed by atoms with van der Waals surface area (Å²) in [7, 11) is 0. The molecule has 330 valence electrons. The largest absolute Gasteiger partial charge is 0.481 e. The summed E-state index contributed by atoms with van der Waals surface area (Å²) < 4.78 is 10.5. The Labute approximate surface area is 350 Å². The van der Waals surface area contributed by atoms with E-state index < -0.39 is 64.4 Å². The van der Waals surface area contributed by atoms with Gasteiger partial charge >= 0.3 is 35.8 Å². The zero-order valence-corrected chi connectivity index (χ0v) is 36.1. The molecular formula is C47H70O12. The highest BCUT2D eigenvalue weighted by Crippen LogP contribution is 2.77. The Balaban J connectivity index is 1.23. The Bertz CT molecular complexity index is 1600. The summed E-state index contributed by atoms with van der Waals surface area (Å²) in [4.78, 5) is 89.0. The van der Waals surface area contributed by atoms with Crippen LogP contribution in [0.5, 0.6) is 0 Å². The molecule has 2 saturated heterocycles. The van der Waals surface area contributed by atoms with Gasteiger partial charge in [-0.15, -0.1) is 0 Å². The van der Waals surface area contributed by atoms with Crippen LogP contribution in [0.15, 0.2) is 12.2 Å². The summed E-state index contributed by atoms with van der Waals surface area (Å²) in [6.45, 7) is 10.9. The number of esters is 4. The van der Waals surface area contributed by atoms with Gasteiger partial charge in [-0.05, 0) is 123 Å². The van der Waals surface area contributed by atoms with E-state index in [1.165, 1.54) is 0 Å². The molecule has 5 aliphatic carbocycles. The highest BCUT2D eigenvalue weighted by Gasteiger charge is 2.77. The van der Waals surface area contributed by atoms with Crippen molar-refractivity contribution in [1.29, 1.82) is 0 Å². The van der Waals surface area contributed by atoms with Gasteiger partial charge < -0.3 is 19.7 Å². The van der Waals surface area contributed by atoms with Gasteiger partial charge in [0.15, 0.2) is 0 Å². The van der Waals surface area contributed by atoms with Gasteiger partial charge in [0.1, 0.15) is 0 Å². The number of carbonyl (C=O) groups is 6. The quantitative estimate of drug-likeness (QED) is 0.0265. The SMILES string of the molecule is CCC/C=C/C(CCC(CCCCCCCCC(=O)O)OOCC1C(C(C)C)C2CC3C4(C)CCCC(C)(C(=O)O)C4CCC13C1C(=O)OC(=O)C21)C1CC(=O)OC1=O. The van der Waals surface area contributed by atoms with Crippen LogP contribution in [0.2, 0.25) is 0 Å².